The molecular formula is C14H15NO2. The van der Waals surface area contributed by atoms with E-state index in [2.05, 4.69) is 18.1 Å². The molecule has 4 atom stereocenters. The first-order valence-electron chi connectivity index (χ1n) is 6.01. The summed E-state index contributed by atoms with van der Waals surface area (Å²) in [5.41, 5.74) is -0.808. The van der Waals surface area contributed by atoms with Gasteiger partial charge in [-0.05, 0) is 32.1 Å². The van der Waals surface area contributed by atoms with Gasteiger partial charge in [-0.15, -0.1) is 6.42 Å². The zero-order valence-corrected chi connectivity index (χ0v) is 10.0. The molecule has 2 fully saturated rings. The topological polar surface area (TPSA) is 37.4 Å². The lowest BCUT2D eigenvalue weighted by Gasteiger charge is -2.30. The SMILES string of the molecule is C#CC(C)(C)N1C(=O)C2C3C=CC(C3)C2C1=O. The smallest absolute Gasteiger partial charge is 0.234 e. The van der Waals surface area contributed by atoms with Crippen LogP contribution in [0.3, 0.4) is 0 Å². The van der Waals surface area contributed by atoms with Gasteiger partial charge in [-0.25, -0.2) is 0 Å². The van der Waals surface area contributed by atoms with Crippen molar-refractivity contribution in [1.29, 1.82) is 0 Å². The number of hydrogen-bond donors (Lipinski definition) is 0. The Hall–Kier alpha value is -1.56. The van der Waals surface area contributed by atoms with Gasteiger partial charge < -0.3 is 0 Å². The first-order chi connectivity index (χ1) is 7.97. The molecule has 1 heterocycles. The lowest BCUT2D eigenvalue weighted by molar-refractivity contribution is -0.144. The Labute approximate surface area is 101 Å². The summed E-state index contributed by atoms with van der Waals surface area (Å²) in [5.74, 6) is 2.61. The number of carbonyl (C=O) groups is 2. The number of likely N-dealkylation sites (tertiary alicyclic amines) is 1. The van der Waals surface area contributed by atoms with Gasteiger partial charge in [0.2, 0.25) is 11.8 Å². The summed E-state index contributed by atoms with van der Waals surface area (Å²) in [5, 5.41) is 0. The van der Waals surface area contributed by atoms with Crippen molar-refractivity contribution >= 4 is 11.8 Å². The minimum atomic E-state index is -0.808. The first-order valence-corrected chi connectivity index (χ1v) is 6.01. The number of imide groups is 1. The highest BCUT2D eigenvalue weighted by molar-refractivity contribution is 6.07. The number of nitrogens with zero attached hydrogens (tertiary/aromatic N) is 1. The third-order valence-electron chi connectivity index (χ3n) is 4.38. The molecule has 0 spiro atoms. The van der Waals surface area contributed by atoms with Crippen LogP contribution in [0.2, 0.25) is 0 Å². The fraction of sp³-hybridized carbons (Fsp3) is 0.571. The molecule has 17 heavy (non-hydrogen) atoms. The Morgan fingerprint density at radius 1 is 1.24 bits per heavy atom. The average molecular weight is 229 g/mol. The molecule has 4 unspecified atom stereocenters. The van der Waals surface area contributed by atoms with Gasteiger partial charge in [-0.1, -0.05) is 18.1 Å². The Balaban J connectivity index is 2.02. The summed E-state index contributed by atoms with van der Waals surface area (Å²) in [6, 6.07) is 0. The van der Waals surface area contributed by atoms with E-state index in [-0.39, 0.29) is 35.5 Å². The maximum Gasteiger partial charge on any atom is 0.234 e. The van der Waals surface area contributed by atoms with E-state index < -0.39 is 5.54 Å². The Kier molecular flexibility index (Phi) is 1.87. The number of allylic oxidation sites excluding steroid dienone is 2. The molecule has 3 heteroatoms. The second-order valence-electron chi connectivity index (χ2n) is 5.72. The van der Waals surface area contributed by atoms with E-state index in [4.69, 9.17) is 6.42 Å². The molecule has 3 nitrogen and oxygen atoms in total. The number of carbonyl (C=O) groups excluding carboxylic acids is 2. The fourth-order valence-electron chi connectivity index (χ4n) is 3.52. The van der Waals surface area contributed by atoms with E-state index in [9.17, 15) is 9.59 Å². The highest BCUT2D eigenvalue weighted by Gasteiger charge is 2.61. The molecule has 0 aromatic rings. The minimum Gasteiger partial charge on any atom is -0.274 e. The van der Waals surface area contributed by atoms with Crippen molar-refractivity contribution in [2.45, 2.75) is 25.8 Å². The largest absolute Gasteiger partial charge is 0.274 e. The predicted octanol–water partition coefficient (Wildman–Crippen LogP) is 1.21. The molecule has 88 valence electrons. The van der Waals surface area contributed by atoms with E-state index in [1.54, 1.807) is 13.8 Å². The van der Waals surface area contributed by atoms with Gasteiger partial charge in [-0.2, -0.15) is 0 Å². The van der Waals surface area contributed by atoms with E-state index in [0.29, 0.717) is 0 Å². The summed E-state index contributed by atoms with van der Waals surface area (Å²) in [4.78, 5) is 26.1. The predicted molar refractivity (Wildman–Crippen MR) is 62.5 cm³/mol. The normalized spacial score (nSPS) is 38.8. The molecule has 1 saturated heterocycles. The average Bonchev–Trinajstić information content (AvgIpc) is 2.92. The molecule has 2 amide bonds. The number of fused-ring (bicyclic) bond motifs is 5. The standard InChI is InChI=1S/C14H15NO2/c1-4-14(2,3)15-12(16)10-8-5-6-9(7-8)11(10)13(15)17/h1,5-6,8-11H,7H2,2-3H3. The van der Waals surface area contributed by atoms with Gasteiger partial charge in [0.15, 0.2) is 0 Å². The maximum absolute atomic E-state index is 12.4. The van der Waals surface area contributed by atoms with Crippen molar-refractivity contribution in [3.63, 3.8) is 0 Å². The number of rotatable bonds is 1. The van der Waals surface area contributed by atoms with Crippen molar-refractivity contribution in [1.82, 2.24) is 4.90 Å². The molecule has 0 aromatic heterocycles. The second-order valence-corrected chi connectivity index (χ2v) is 5.72. The molecule has 3 aliphatic rings. The molecule has 1 saturated carbocycles. The van der Waals surface area contributed by atoms with E-state index in [1.165, 1.54) is 4.90 Å². The molecule has 2 aliphatic carbocycles. The third-order valence-corrected chi connectivity index (χ3v) is 4.38. The van der Waals surface area contributed by atoms with E-state index in [0.717, 1.165) is 6.42 Å². The second kappa shape index (κ2) is 3.01. The van der Waals surface area contributed by atoms with Crippen LogP contribution in [-0.4, -0.2) is 22.3 Å². The number of amides is 2. The quantitative estimate of drug-likeness (QED) is 0.385. The van der Waals surface area contributed by atoms with Crippen LogP contribution in [0.1, 0.15) is 20.3 Å². The van der Waals surface area contributed by atoms with Crippen molar-refractivity contribution in [3.8, 4) is 12.3 Å². The third kappa shape index (κ3) is 1.13. The monoisotopic (exact) mass is 229 g/mol. The maximum atomic E-state index is 12.4. The van der Waals surface area contributed by atoms with Gasteiger partial charge in [-0.3, -0.25) is 14.5 Å². The van der Waals surface area contributed by atoms with Crippen molar-refractivity contribution in [3.05, 3.63) is 12.2 Å². The zero-order valence-electron chi connectivity index (χ0n) is 10.0. The highest BCUT2D eigenvalue weighted by atomic mass is 16.2. The van der Waals surface area contributed by atoms with Gasteiger partial charge in [0.25, 0.3) is 0 Å². The van der Waals surface area contributed by atoms with Crippen LogP contribution in [0.5, 0.6) is 0 Å². The van der Waals surface area contributed by atoms with E-state index in [1.807, 2.05) is 0 Å². The van der Waals surface area contributed by atoms with Crippen LogP contribution >= 0.6 is 0 Å². The molecule has 0 radical (unpaired) electrons. The summed E-state index contributed by atoms with van der Waals surface area (Å²) in [6.45, 7) is 3.50. The summed E-state index contributed by atoms with van der Waals surface area (Å²) >= 11 is 0. The van der Waals surface area contributed by atoms with Crippen LogP contribution in [0.25, 0.3) is 0 Å². The summed E-state index contributed by atoms with van der Waals surface area (Å²) in [6.07, 6.45) is 10.6. The Morgan fingerprint density at radius 2 is 1.71 bits per heavy atom. The number of hydrogen-bond acceptors (Lipinski definition) is 2. The molecule has 0 aromatic carbocycles. The van der Waals surface area contributed by atoms with Crippen molar-refractivity contribution in [2.24, 2.45) is 23.7 Å². The Morgan fingerprint density at radius 3 is 2.12 bits per heavy atom. The number of terminal acetylenes is 1. The molecule has 0 N–H and O–H groups in total. The highest BCUT2D eigenvalue weighted by Crippen LogP contribution is 2.53. The van der Waals surface area contributed by atoms with Crippen molar-refractivity contribution in [2.75, 3.05) is 0 Å². The molecule has 2 bridgehead atoms. The zero-order chi connectivity index (χ0) is 12.4. The lowest BCUT2D eigenvalue weighted by atomic mass is 9.85. The minimum absolute atomic E-state index is 0.0696. The van der Waals surface area contributed by atoms with Gasteiger partial charge in [0, 0.05) is 0 Å². The fourth-order valence-corrected chi connectivity index (χ4v) is 3.52. The first kappa shape index (κ1) is 10.6. The molecular weight excluding hydrogens is 214 g/mol. The van der Waals surface area contributed by atoms with Gasteiger partial charge in [0.1, 0.15) is 5.54 Å². The van der Waals surface area contributed by atoms with Gasteiger partial charge in [0.05, 0.1) is 11.8 Å². The van der Waals surface area contributed by atoms with E-state index >= 15 is 0 Å². The van der Waals surface area contributed by atoms with Gasteiger partial charge >= 0.3 is 0 Å². The van der Waals surface area contributed by atoms with Crippen LogP contribution in [0.15, 0.2) is 12.2 Å². The van der Waals surface area contributed by atoms with Crippen molar-refractivity contribution < 1.29 is 9.59 Å². The van der Waals surface area contributed by atoms with Crippen LogP contribution < -0.4 is 0 Å². The Bertz CT molecular complexity index is 453. The summed E-state index contributed by atoms with van der Waals surface area (Å²) in [7, 11) is 0. The molecule has 3 rings (SSSR count). The van der Waals surface area contributed by atoms with Crippen LogP contribution in [-0.2, 0) is 9.59 Å². The summed E-state index contributed by atoms with van der Waals surface area (Å²) < 4.78 is 0. The van der Waals surface area contributed by atoms with Crippen LogP contribution in [0.4, 0.5) is 0 Å². The van der Waals surface area contributed by atoms with Crippen LogP contribution in [0, 0.1) is 36.0 Å². The molecule has 1 aliphatic heterocycles. The lowest BCUT2D eigenvalue weighted by Crippen LogP contribution is -2.48.